The maximum Gasteiger partial charge on any atom is 0.248 e. The number of hydrogen-bond acceptors (Lipinski definition) is 7. The molecular weight excluding hydrogens is 432 g/mol. The molecule has 0 aliphatic carbocycles. The first kappa shape index (κ1) is 22.0. The van der Waals surface area contributed by atoms with Gasteiger partial charge in [0, 0.05) is 29.8 Å². The van der Waals surface area contributed by atoms with Gasteiger partial charge in [0.1, 0.15) is 25.0 Å². The number of thioether (sulfide) groups is 1. The Kier molecular flexibility index (Phi) is 6.84. The summed E-state index contributed by atoms with van der Waals surface area (Å²) in [4.78, 5) is 39.7. The highest BCUT2D eigenvalue weighted by Gasteiger charge is 2.34. The molecule has 9 heteroatoms. The number of hydrogen-bond donors (Lipinski definition) is 1. The number of carbonyl (C=O) groups is 3. The maximum atomic E-state index is 12.8. The van der Waals surface area contributed by atoms with Crippen molar-refractivity contribution in [3.05, 3.63) is 48.0 Å². The molecule has 4 rings (SSSR count). The molecule has 0 bridgehead atoms. The molecule has 0 spiro atoms. The molecule has 2 heterocycles. The predicted octanol–water partition coefficient (Wildman–Crippen LogP) is 2.97. The van der Waals surface area contributed by atoms with E-state index in [1.54, 1.807) is 54.5 Å². The van der Waals surface area contributed by atoms with Gasteiger partial charge in [0.25, 0.3) is 0 Å². The summed E-state index contributed by atoms with van der Waals surface area (Å²) in [5, 5.41) is 2.85. The van der Waals surface area contributed by atoms with Gasteiger partial charge >= 0.3 is 0 Å². The number of carbonyl (C=O) groups excluding carboxylic acids is 3. The number of amides is 2. The number of methoxy groups -OCH3 is 1. The van der Waals surface area contributed by atoms with Crippen LogP contribution in [0.1, 0.15) is 23.2 Å². The highest BCUT2D eigenvalue weighted by Crippen LogP contribution is 2.31. The van der Waals surface area contributed by atoms with Crippen LogP contribution in [0.5, 0.6) is 17.2 Å². The SMILES string of the molecule is COc1ccc(NC(=O)C2CSCN2C(=O)CCC(=O)c2ccc3c(c2)OCCO3)cc1. The third kappa shape index (κ3) is 4.99. The van der Waals surface area contributed by atoms with Crippen LogP contribution < -0.4 is 19.5 Å². The van der Waals surface area contributed by atoms with E-state index in [4.69, 9.17) is 14.2 Å². The number of Topliss-reactive ketones (excluding diaryl/α,β-unsaturated/α-hetero) is 1. The molecular formula is C23H24N2O6S. The van der Waals surface area contributed by atoms with Crippen molar-refractivity contribution in [1.29, 1.82) is 0 Å². The maximum absolute atomic E-state index is 12.8. The summed E-state index contributed by atoms with van der Waals surface area (Å²) >= 11 is 1.52. The predicted molar refractivity (Wildman–Crippen MR) is 121 cm³/mol. The molecule has 0 saturated carbocycles. The largest absolute Gasteiger partial charge is 0.497 e. The van der Waals surface area contributed by atoms with Gasteiger partial charge in [-0.2, -0.15) is 0 Å². The van der Waals surface area contributed by atoms with E-state index in [0.29, 0.717) is 53.3 Å². The van der Waals surface area contributed by atoms with Crippen LogP contribution in [0.2, 0.25) is 0 Å². The molecule has 2 aliphatic rings. The Morgan fingerprint density at radius 3 is 2.56 bits per heavy atom. The smallest absolute Gasteiger partial charge is 0.248 e. The first-order chi connectivity index (χ1) is 15.5. The van der Waals surface area contributed by atoms with Crippen LogP contribution in [-0.2, 0) is 9.59 Å². The van der Waals surface area contributed by atoms with Gasteiger partial charge in [-0.1, -0.05) is 0 Å². The monoisotopic (exact) mass is 456 g/mol. The molecule has 2 amide bonds. The highest BCUT2D eigenvalue weighted by molar-refractivity contribution is 7.99. The second-order valence-electron chi connectivity index (χ2n) is 7.38. The summed E-state index contributed by atoms with van der Waals surface area (Å²) in [6.45, 7) is 0.922. The molecule has 2 aliphatic heterocycles. The first-order valence-electron chi connectivity index (χ1n) is 10.3. The highest BCUT2D eigenvalue weighted by atomic mass is 32.2. The molecule has 0 aromatic heterocycles. The van der Waals surface area contributed by atoms with Gasteiger partial charge in [-0.05, 0) is 42.5 Å². The van der Waals surface area contributed by atoms with Crippen molar-refractivity contribution in [2.24, 2.45) is 0 Å². The van der Waals surface area contributed by atoms with E-state index in [2.05, 4.69) is 5.32 Å². The van der Waals surface area contributed by atoms with E-state index in [9.17, 15) is 14.4 Å². The molecule has 32 heavy (non-hydrogen) atoms. The van der Waals surface area contributed by atoms with Crippen LogP contribution in [0.4, 0.5) is 5.69 Å². The van der Waals surface area contributed by atoms with E-state index in [1.807, 2.05) is 0 Å². The molecule has 1 N–H and O–H groups in total. The van der Waals surface area contributed by atoms with Gasteiger partial charge in [0.15, 0.2) is 17.3 Å². The normalized spacial score (nSPS) is 17.0. The number of ketones is 1. The van der Waals surface area contributed by atoms with Crippen molar-refractivity contribution in [1.82, 2.24) is 4.90 Å². The van der Waals surface area contributed by atoms with Gasteiger partial charge in [0.05, 0.1) is 13.0 Å². The van der Waals surface area contributed by atoms with Crippen LogP contribution >= 0.6 is 11.8 Å². The first-order valence-corrected chi connectivity index (χ1v) is 11.5. The molecule has 1 fully saturated rings. The summed E-state index contributed by atoms with van der Waals surface area (Å²) in [6, 6.07) is 11.5. The van der Waals surface area contributed by atoms with Crippen LogP contribution in [-0.4, -0.2) is 60.5 Å². The fraction of sp³-hybridized carbons (Fsp3) is 0.348. The number of rotatable bonds is 7. The van der Waals surface area contributed by atoms with Gasteiger partial charge in [-0.3, -0.25) is 14.4 Å². The Labute approximate surface area is 190 Å². The zero-order valence-corrected chi connectivity index (χ0v) is 18.5. The van der Waals surface area contributed by atoms with Crippen LogP contribution in [0, 0.1) is 0 Å². The Morgan fingerprint density at radius 1 is 1.06 bits per heavy atom. The van der Waals surface area contributed by atoms with Crippen molar-refractivity contribution >= 4 is 35.0 Å². The zero-order valence-electron chi connectivity index (χ0n) is 17.7. The molecule has 1 saturated heterocycles. The second kappa shape index (κ2) is 9.95. The summed E-state index contributed by atoms with van der Waals surface area (Å²) in [5.41, 5.74) is 1.11. The molecule has 0 radical (unpaired) electrons. The fourth-order valence-electron chi connectivity index (χ4n) is 3.53. The third-order valence-electron chi connectivity index (χ3n) is 5.29. The minimum absolute atomic E-state index is 0.0418. The summed E-state index contributed by atoms with van der Waals surface area (Å²) in [7, 11) is 1.57. The summed E-state index contributed by atoms with van der Waals surface area (Å²) in [6.07, 6.45) is 0.104. The molecule has 1 atom stereocenters. The van der Waals surface area contributed by atoms with Crippen LogP contribution in [0.15, 0.2) is 42.5 Å². The van der Waals surface area contributed by atoms with E-state index in [-0.39, 0.29) is 30.4 Å². The average Bonchev–Trinajstić information content (AvgIpc) is 3.33. The number of anilines is 1. The van der Waals surface area contributed by atoms with E-state index < -0.39 is 6.04 Å². The summed E-state index contributed by atoms with van der Waals surface area (Å²) in [5.74, 6) is 2.19. The summed E-state index contributed by atoms with van der Waals surface area (Å²) < 4.78 is 16.1. The standard InChI is InChI=1S/C23H24N2O6S/c1-29-17-5-3-16(4-6-17)24-23(28)18-13-32-14-25(18)22(27)9-7-19(26)15-2-8-20-21(12-15)31-11-10-30-20/h2-6,8,12,18H,7,9-11,13-14H2,1H3,(H,24,28). The van der Waals surface area contributed by atoms with Crippen molar-refractivity contribution in [3.8, 4) is 17.2 Å². The van der Waals surface area contributed by atoms with Gasteiger partial charge in [-0.15, -0.1) is 11.8 Å². The lowest BCUT2D eigenvalue weighted by Gasteiger charge is -2.23. The van der Waals surface area contributed by atoms with Crippen LogP contribution in [0.25, 0.3) is 0 Å². The fourth-order valence-corrected chi connectivity index (χ4v) is 4.71. The lowest BCUT2D eigenvalue weighted by Crippen LogP contribution is -2.44. The topological polar surface area (TPSA) is 94.2 Å². The van der Waals surface area contributed by atoms with Crippen molar-refractivity contribution in [3.63, 3.8) is 0 Å². The zero-order chi connectivity index (χ0) is 22.5. The number of nitrogens with one attached hydrogen (secondary N) is 1. The van der Waals surface area contributed by atoms with Gasteiger partial charge in [-0.25, -0.2) is 0 Å². The Balaban J connectivity index is 1.32. The van der Waals surface area contributed by atoms with Crippen molar-refractivity contribution < 1.29 is 28.6 Å². The number of ether oxygens (including phenoxy) is 3. The third-order valence-corrected chi connectivity index (χ3v) is 6.31. The van der Waals surface area contributed by atoms with E-state index in [0.717, 1.165) is 0 Å². The van der Waals surface area contributed by atoms with Crippen LogP contribution in [0.3, 0.4) is 0 Å². The number of nitrogens with zero attached hydrogens (tertiary/aromatic N) is 1. The number of benzene rings is 2. The number of fused-ring (bicyclic) bond motifs is 1. The average molecular weight is 457 g/mol. The molecule has 8 nitrogen and oxygen atoms in total. The molecule has 1 unspecified atom stereocenters. The van der Waals surface area contributed by atoms with Crippen molar-refractivity contribution in [2.75, 3.05) is 37.3 Å². The molecule has 2 aromatic carbocycles. The van der Waals surface area contributed by atoms with Gasteiger partial charge < -0.3 is 24.4 Å². The quantitative estimate of drug-likeness (QED) is 0.640. The van der Waals surface area contributed by atoms with E-state index >= 15 is 0 Å². The minimum atomic E-state index is -0.570. The second-order valence-corrected chi connectivity index (χ2v) is 8.38. The molecule has 2 aromatic rings. The Hall–Kier alpha value is -3.20. The Bertz CT molecular complexity index is 1010. The lowest BCUT2D eigenvalue weighted by atomic mass is 10.0. The van der Waals surface area contributed by atoms with E-state index in [1.165, 1.54) is 11.8 Å². The van der Waals surface area contributed by atoms with Gasteiger partial charge in [0.2, 0.25) is 11.8 Å². The molecule has 168 valence electrons. The Morgan fingerprint density at radius 2 is 1.81 bits per heavy atom. The van der Waals surface area contributed by atoms with Crippen molar-refractivity contribution in [2.45, 2.75) is 18.9 Å². The minimum Gasteiger partial charge on any atom is -0.497 e. The lowest BCUT2D eigenvalue weighted by molar-refractivity contribution is -0.136.